The number of anilines is 3. The highest BCUT2D eigenvalue weighted by molar-refractivity contribution is 7.26. The lowest BCUT2D eigenvalue weighted by Crippen LogP contribution is -2.22. The first-order chi connectivity index (χ1) is 29.1. The fourth-order valence-corrected chi connectivity index (χ4v) is 12.2. The summed E-state index contributed by atoms with van der Waals surface area (Å²) in [6, 6.07) is 76.3. The Hall–Kier alpha value is -6.78. The van der Waals surface area contributed by atoms with Gasteiger partial charge in [0.25, 0.3) is 0 Å². The van der Waals surface area contributed by atoms with Crippen molar-refractivity contribution >= 4 is 80.1 Å². The van der Waals surface area contributed by atoms with E-state index in [1.807, 2.05) is 22.7 Å². The van der Waals surface area contributed by atoms with Crippen LogP contribution in [0, 0.1) is 0 Å². The van der Waals surface area contributed by atoms with E-state index in [1.165, 1.54) is 90.4 Å². The lowest BCUT2D eigenvalue weighted by molar-refractivity contribution is 0.714. The van der Waals surface area contributed by atoms with Crippen LogP contribution in [0.15, 0.2) is 206 Å². The molecule has 0 spiro atoms. The Morgan fingerprint density at radius 3 is 1.19 bits per heavy atom. The van der Waals surface area contributed by atoms with E-state index in [9.17, 15) is 0 Å². The highest BCUT2D eigenvalue weighted by Gasteiger charge is 2.40. The average molecular weight is 788 g/mol. The molecule has 3 heteroatoms. The van der Waals surface area contributed by atoms with Crippen LogP contribution in [0.2, 0.25) is 0 Å². The first-order valence-corrected chi connectivity index (χ1v) is 21.9. The minimum atomic E-state index is -0.249. The minimum absolute atomic E-state index is 0.249. The summed E-state index contributed by atoms with van der Waals surface area (Å²) in [5.41, 5.74) is 14.8. The van der Waals surface area contributed by atoms with Crippen molar-refractivity contribution in [2.75, 3.05) is 4.90 Å². The van der Waals surface area contributed by atoms with Crippen molar-refractivity contribution in [3.8, 4) is 33.4 Å². The number of thiophene rings is 2. The second kappa shape index (κ2) is 13.4. The molecule has 0 radical (unpaired) electrons. The van der Waals surface area contributed by atoms with Gasteiger partial charge in [0, 0.05) is 62.8 Å². The van der Waals surface area contributed by atoms with E-state index in [0.29, 0.717) is 0 Å². The first kappa shape index (κ1) is 34.3. The zero-order chi connectivity index (χ0) is 39.1. The number of nitrogens with zero attached hydrogens (tertiary/aromatic N) is 1. The number of hydrogen-bond donors (Lipinski definition) is 0. The van der Waals surface area contributed by atoms with E-state index >= 15 is 0 Å². The van der Waals surface area contributed by atoms with E-state index in [1.54, 1.807) is 0 Å². The van der Waals surface area contributed by atoms with E-state index in [0.717, 1.165) is 17.1 Å². The summed E-state index contributed by atoms with van der Waals surface area (Å²) in [6.45, 7) is 2.39. The van der Waals surface area contributed by atoms with Crippen molar-refractivity contribution in [2.24, 2.45) is 0 Å². The van der Waals surface area contributed by atoms with Crippen molar-refractivity contribution in [1.82, 2.24) is 0 Å². The third kappa shape index (κ3) is 5.29. The summed E-state index contributed by atoms with van der Waals surface area (Å²) in [5, 5.41) is 5.29. The lowest BCUT2D eigenvalue weighted by Gasteiger charge is -2.30. The molecule has 1 aliphatic rings. The molecule has 0 unspecified atom stereocenters. The zero-order valence-electron chi connectivity index (χ0n) is 32.4. The normalized spacial score (nSPS) is 13.0. The first-order valence-electron chi connectivity index (χ1n) is 20.2. The van der Waals surface area contributed by atoms with E-state index < -0.39 is 0 Å². The fraction of sp³-hybridized carbons (Fsp3) is 0.0357. The molecule has 0 saturated heterocycles. The maximum absolute atomic E-state index is 2.40. The lowest BCUT2D eigenvalue weighted by atomic mass is 9.74. The number of rotatable bonds is 6. The number of benzene rings is 9. The Morgan fingerprint density at radius 2 is 0.712 bits per heavy atom. The van der Waals surface area contributed by atoms with Gasteiger partial charge < -0.3 is 4.90 Å². The van der Waals surface area contributed by atoms with Crippen LogP contribution in [-0.4, -0.2) is 0 Å². The Balaban J connectivity index is 0.965. The molecule has 0 fully saturated rings. The van der Waals surface area contributed by atoms with E-state index in [-0.39, 0.29) is 5.41 Å². The van der Waals surface area contributed by atoms with Gasteiger partial charge in [-0.2, -0.15) is 0 Å². The highest BCUT2D eigenvalue weighted by atomic mass is 32.1. The summed E-state index contributed by atoms with van der Waals surface area (Å²) >= 11 is 3.76. The molecule has 0 N–H and O–H groups in total. The molecule has 11 aromatic rings. The summed E-state index contributed by atoms with van der Waals surface area (Å²) in [5.74, 6) is 0. The molecule has 0 aliphatic heterocycles. The van der Waals surface area contributed by atoms with Gasteiger partial charge in [0.2, 0.25) is 0 Å². The maximum Gasteiger partial charge on any atom is 0.0462 e. The third-order valence-electron chi connectivity index (χ3n) is 12.6. The second-order valence-corrected chi connectivity index (χ2v) is 17.9. The van der Waals surface area contributed by atoms with Crippen LogP contribution in [0.5, 0.6) is 0 Å². The SMILES string of the molecule is CC1(c2ccc(N(c3ccc(-c4cccc5c4sc4ccccc45)cc3)c3ccc(-c4cccc5c4sc4ccccc45)cc3)cc2)c2ccccc2-c2ccccc21. The van der Waals surface area contributed by atoms with E-state index in [2.05, 4.69) is 218 Å². The smallest absolute Gasteiger partial charge is 0.0462 e. The largest absolute Gasteiger partial charge is 0.311 e. The van der Waals surface area contributed by atoms with Crippen molar-refractivity contribution in [1.29, 1.82) is 0 Å². The van der Waals surface area contributed by atoms with Crippen LogP contribution in [0.4, 0.5) is 17.1 Å². The average Bonchev–Trinajstić information content (AvgIpc) is 3.96. The van der Waals surface area contributed by atoms with Crippen LogP contribution in [-0.2, 0) is 5.41 Å². The van der Waals surface area contributed by atoms with Gasteiger partial charge in [0.15, 0.2) is 0 Å². The van der Waals surface area contributed by atoms with Gasteiger partial charge >= 0.3 is 0 Å². The van der Waals surface area contributed by atoms with Gasteiger partial charge in [0.05, 0.1) is 0 Å². The molecule has 59 heavy (non-hydrogen) atoms. The van der Waals surface area contributed by atoms with Crippen molar-refractivity contribution in [3.63, 3.8) is 0 Å². The molecule has 278 valence electrons. The summed E-state index contributed by atoms with van der Waals surface area (Å²) < 4.78 is 5.32. The molecule has 9 aromatic carbocycles. The standard InChI is InChI=1S/C56H37NS2/c1-56(50-20-6-2-12-44(50)45-13-3-7-21-51(45)56)38-28-34-41(35-29-38)57(39-30-24-36(25-31-39)42-16-10-18-48-46-14-4-8-22-52(46)58-54(42)48)40-32-26-37(27-33-40)43-17-11-19-49-47-15-5-9-23-53(47)59-55(43)49/h2-35H,1H3. The summed E-state index contributed by atoms with van der Waals surface area (Å²) in [4.78, 5) is 2.40. The molecule has 1 aliphatic carbocycles. The quantitative estimate of drug-likeness (QED) is 0.162. The Labute approximate surface area is 351 Å². The summed E-state index contributed by atoms with van der Waals surface area (Å²) in [6.07, 6.45) is 0. The van der Waals surface area contributed by atoms with Crippen molar-refractivity contribution in [3.05, 3.63) is 223 Å². The molecule has 0 saturated carbocycles. The van der Waals surface area contributed by atoms with Crippen molar-refractivity contribution < 1.29 is 0 Å². The van der Waals surface area contributed by atoms with Crippen LogP contribution in [0.1, 0.15) is 23.6 Å². The van der Waals surface area contributed by atoms with Gasteiger partial charge in [-0.05, 0) is 106 Å². The third-order valence-corrected chi connectivity index (χ3v) is 15.0. The van der Waals surface area contributed by atoms with Crippen molar-refractivity contribution in [2.45, 2.75) is 12.3 Å². The molecule has 0 bridgehead atoms. The topological polar surface area (TPSA) is 3.24 Å². The molecule has 12 rings (SSSR count). The van der Waals surface area contributed by atoms with Gasteiger partial charge in [-0.1, -0.05) is 158 Å². The Bertz CT molecular complexity index is 3180. The summed E-state index contributed by atoms with van der Waals surface area (Å²) in [7, 11) is 0. The highest BCUT2D eigenvalue weighted by Crippen LogP contribution is 2.53. The zero-order valence-corrected chi connectivity index (χ0v) is 34.0. The predicted molar refractivity (Wildman–Crippen MR) is 255 cm³/mol. The minimum Gasteiger partial charge on any atom is -0.311 e. The molecule has 0 amide bonds. The second-order valence-electron chi connectivity index (χ2n) is 15.8. The predicted octanol–water partition coefficient (Wildman–Crippen LogP) is 16.6. The molecule has 2 aromatic heterocycles. The van der Waals surface area contributed by atoms with Gasteiger partial charge in [-0.15, -0.1) is 22.7 Å². The van der Waals surface area contributed by atoms with Crippen LogP contribution in [0.25, 0.3) is 73.7 Å². The molecule has 2 heterocycles. The monoisotopic (exact) mass is 787 g/mol. The number of hydrogen-bond acceptors (Lipinski definition) is 3. The van der Waals surface area contributed by atoms with Crippen LogP contribution >= 0.6 is 22.7 Å². The molecular formula is C56H37NS2. The number of fused-ring (bicyclic) bond motifs is 9. The van der Waals surface area contributed by atoms with Crippen LogP contribution in [0.3, 0.4) is 0 Å². The van der Waals surface area contributed by atoms with Gasteiger partial charge in [-0.25, -0.2) is 0 Å². The Kier molecular flexibility index (Phi) is 7.78. The molecule has 0 atom stereocenters. The van der Waals surface area contributed by atoms with Crippen LogP contribution < -0.4 is 4.90 Å². The fourth-order valence-electron chi connectivity index (χ4n) is 9.68. The van der Waals surface area contributed by atoms with Gasteiger partial charge in [-0.3, -0.25) is 0 Å². The molecular weight excluding hydrogens is 751 g/mol. The maximum atomic E-state index is 2.40. The van der Waals surface area contributed by atoms with E-state index in [4.69, 9.17) is 0 Å². The molecule has 1 nitrogen and oxygen atoms in total. The van der Waals surface area contributed by atoms with Gasteiger partial charge in [0.1, 0.15) is 0 Å². The Morgan fingerprint density at radius 1 is 0.339 bits per heavy atom.